The minimum Gasteiger partial charge on any atom is -0.378 e. The predicted molar refractivity (Wildman–Crippen MR) is 115 cm³/mol. The molecular formula is C22H29N5O2. The zero-order valence-electron chi connectivity index (χ0n) is 16.8. The Morgan fingerprint density at radius 3 is 2.48 bits per heavy atom. The summed E-state index contributed by atoms with van der Waals surface area (Å²) in [6.07, 6.45) is 10.7. The molecule has 1 amide bonds. The maximum absolute atomic E-state index is 12.7. The third-order valence-electron chi connectivity index (χ3n) is 5.60. The molecule has 2 aromatic rings. The highest BCUT2D eigenvalue weighted by Gasteiger charge is 2.17. The molecule has 2 N–H and O–H groups in total. The number of ether oxygens (including phenoxy) is 1. The van der Waals surface area contributed by atoms with E-state index in [1.54, 1.807) is 12.4 Å². The highest BCUT2D eigenvalue weighted by atomic mass is 16.5. The van der Waals surface area contributed by atoms with Crippen molar-refractivity contribution in [2.24, 2.45) is 0 Å². The van der Waals surface area contributed by atoms with E-state index in [2.05, 4.69) is 25.5 Å². The largest absolute Gasteiger partial charge is 0.378 e. The lowest BCUT2D eigenvalue weighted by Gasteiger charge is -2.30. The zero-order chi connectivity index (χ0) is 19.9. The highest BCUT2D eigenvalue weighted by Crippen LogP contribution is 2.27. The molecule has 0 radical (unpaired) electrons. The van der Waals surface area contributed by atoms with Gasteiger partial charge in [0.1, 0.15) is 11.5 Å². The first-order chi connectivity index (χ1) is 14.3. The van der Waals surface area contributed by atoms with Crippen LogP contribution in [0.25, 0.3) is 0 Å². The number of aromatic nitrogens is 2. The van der Waals surface area contributed by atoms with Crippen molar-refractivity contribution in [3.63, 3.8) is 0 Å². The van der Waals surface area contributed by atoms with E-state index in [1.807, 2.05) is 24.3 Å². The van der Waals surface area contributed by atoms with Crippen LogP contribution in [0.5, 0.6) is 0 Å². The maximum Gasteiger partial charge on any atom is 0.275 e. The van der Waals surface area contributed by atoms with Gasteiger partial charge < -0.3 is 20.3 Å². The van der Waals surface area contributed by atoms with E-state index in [9.17, 15) is 4.79 Å². The summed E-state index contributed by atoms with van der Waals surface area (Å²) < 4.78 is 5.43. The molecule has 29 heavy (non-hydrogen) atoms. The van der Waals surface area contributed by atoms with Gasteiger partial charge in [0.15, 0.2) is 0 Å². The number of rotatable bonds is 5. The predicted octanol–water partition coefficient (Wildman–Crippen LogP) is 3.70. The number of hydrogen-bond acceptors (Lipinski definition) is 6. The number of carbonyl (C=O) groups is 1. The SMILES string of the molecule is O=C(Nc1ccccc1N1CCOCC1)c1cnc(NC2CCCCCC2)cn1. The van der Waals surface area contributed by atoms with Gasteiger partial charge in [-0.3, -0.25) is 4.79 Å². The van der Waals surface area contributed by atoms with Gasteiger partial charge in [0.25, 0.3) is 5.91 Å². The van der Waals surface area contributed by atoms with Crippen LogP contribution in [0.4, 0.5) is 17.2 Å². The molecule has 1 aliphatic carbocycles. The fourth-order valence-corrected chi connectivity index (χ4v) is 4.00. The van der Waals surface area contributed by atoms with E-state index in [0.29, 0.717) is 24.9 Å². The van der Waals surface area contributed by atoms with Gasteiger partial charge in [-0.2, -0.15) is 0 Å². The van der Waals surface area contributed by atoms with Gasteiger partial charge in [-0.1, -0.05) is 37.8 Å². The summed E-state index contributed by atoms with van der Waals surface area (Å²) in [5.74, 6) is 0.487. The Bertz CT molecular complexity index is 797. The van der Waals surface area contributed by atoms with E-state index >= 15 is 0 Å². The van der Waals surface area contributed by atoms with Crippen molar-refractivity contribution in [1.82, 2.24) is 9.97 Å². The minimum atomic E-state index is -0.251. The number of carbonyl (C=O) groups excluding carboxylic acids is 1. The molecule has 2 heterocycles. The van der Waals surface area contributed by atoms with E-state index in [4.69, 9.17) is 4.74 Å². The Balaban J connectivity index is 1.40. The molecule has 4 rings (SSSR count). The molecule has 1 aliphatic heterocycles. The summed E-state index contributed by atoms with van der Waals surface area (Å²) >= 11 is 0. The number of hydrogen-bond donors (Lipinski definition) is 2. The van der Waals surface area contributed by atoms with Crippen LogP contribution in [0.3, 0.4) is 0 Å². The average molecular weight is 396 g/mol. The Kier molecular flexibility index (Phi) is 6.56. The average Bonchev–Trinajstić information content (AvgIpc) is 3.04. The molecule has 1 aromatic heterocycles. The maximum atomic E-state index is 12.7. The molecule has 154 valence electrons. The summed E-state index contributed by atoms with van der Waals surface area (Å²) in [6.45, 7) is 3.02. The van der Waals surface area contributed by atoms with Gasteiger partial charge in [-0.25, -0.2) is 9.97 Å². The zero-order valence-corrected chi connectivity index (χ0v) is 16.8. The monoisotopic (exact) mass is 395 g/mol. The summed E-state index contributed by atoms with van der Waals surface area (Å²) in [5, 5.41) is 6.45. The first kappa shape index (κ1) is 19.6. The quantitative estimate of drug-likeness (QED) is 0.752. The first-order valence-corrected chi connectivity index (χ1v) is 10.6. The molecule has 1 saturated carbocycles. The van der Waals surface area contributed by atoms with E-state index < -0.39 is 0 Å². The van der Waals surface area contributed by atoms with Crippen molar-refractivity contribution < 1.29 is 9.53 Å². The molecule has 7 nitrogen and oxygen atoms in total. The molecule has 0 atom stereocenters. The van der Waals surface area contributed by atoms with Gasteiger partial charge in [0, 0.05) is 19.1 Å². The molecule has 2 aliphatic rings. The summed E-state index contributed by atoms with van der Waals surface area (Å²) in [6, 6.07) is 8.29. The van der Waals surface area contributed by atoms with Crippen LogP contribution in [-0.2, 0) is 4.74 Å². The second-order valence-electron chi connectivity index (χ2n) is 7.69. The summed E-state index contributed by atoms with van der Waals surface area (Å²) in [7, 11) is 0. The van der Waals surface area contributed by atoms with Crippen LogP contribution in [0, 0.1) is 0 Å². The third-order valence-corrected chi connectivity index (χ3v) is 5.60. The molecule has 1 aromatic carbocycles. The van der Waals surface area contributed by atoms with Crippen molar-refractivity contribution >= 4 is 23.1 Å². The minimum absolute atomic E-state index is 0.251. The Hall–Kier alpha value is -2.67. The Morgan fingerprint density at radius 2 is 1.76 bits per heavy atom. The van der Waals surface area contributed by atoms with Crippen LogP contribution in [0.2, 0.25) is 0 Å². The van der Waals surface area contributed by atoms with Gasteiger partial charge in [-0.05, 0) is 25.0 Å². The topological polar surface area (TPSA) is 79.4 Å². The second kappa shape index (κ2) is 9.69. The molecule has 0 spiro atoms. The standard InChI is InChI=1S/C22H29N5O2/c28-22(26-18-9-5-6-10-20(18)27-11-13-29-14-12-27)19-15-24-21(16-23-19)25-17-7-3-1-2-4-8-17/h5-6,9-10,15-17H,1-4,7-8,11-14H2,(H,24,25)(H,26,28). The van der Waals surface area contributed by atoms with Crippen LogP contribution in [0.15, 0.2) is 36.7 Å². The van der Waals surface area contributed by atoms with E-state index in [0.717, 1.165) is 30.3 Å². The lowest BCUT2D eigenvalue weighted by atomic mass is 10.1. The van der Waals surface area contributed by atoms with Crippen LogP contribution < -0.4 is 15.5 Å². The smallest absolute Gasteiger partial charge is 0.275 e. The highest BCUT2D eigenvalue weighted by molar-refractivity contribution is 6.04. The van der Waals surface area contributed by atoms with Gasteiger partial charge in [-0.15, -0.1) is 0 Å². The molecule has 1 saturated heterocycles. The van der Waals surface area contributed by atoms with Crippen molar-refractivity contribution in [2.45, 2.75) is 44.6 Å². The molecule has 0 unspecified atom stereocenters. The number of amides is 1. The van der Waals surface area contributed by atoms with Gasteiger partial charge >= 0.3 is 0 Å². The van der Waals surface area contributed by atoms with Gasteiger partial charge in [0.05, 0.1) is 37.0 Å². The summed E-state index contributed by atoms with van der Waals surface area (Å²) in [5.41, 5.74) is 2.10. The Morgan fingerprint density at radius 1 is 1.00 bits per heavy atom. The van der Waals surface area contributed by atoms with Gasteiger partial charge in [0.2, 0.25) is 0 Å². The summed E-state index contributed by atoms with van der Waals surface area (Å²) in [4.78, 5) is 23.7. The van der Waals surface area contributed by atoms with Crippen LogP contribution >= 0.6 is 0 Å². The fraction of sp³-hybridized carbons (Fsp3) is 0.500. The van der Waals surface area contributed by atoms with Crippen molar-refractivity contribution in [2.75, 3.05) is 41.8 Å². The lowest BCUT2D eigenvalue weighted by Crippen LogP contribution is -2.36. The molecule has 2 fully saturated rings. The number of nitrogens with one attached hydrogen (secondary N) is 2. The Labute approximate surface area is 171 Å². The van der Waals surface area contributed by atoms with Crippen molar-refractivity contribution in [3.05, 3.63) is 42.4 Å². The van der Waals surface area contributed by atoms with E-state index in [1.165, 1.54) is 38.5 Å². The van der Waals surface area contributed by atoms with Crippen molar-refractivity contribution in [3.8, 4) is 0 Å². The number of morpholine rings is 1. The van der Waals surface area contributed by atoms with Crippen LogP contribution in [0.1, 0.15) is 49.0 Å². The molecular weight excluding hydrogens is 366 g/mol. The fourth-order valence-electron chi connectivity index (χ4n) is 4.00. The number of para-hydroxylation sites is 2. The lowest BCUT2D eigenvalue weighted by molar-refractivity contribution is 0.102. The number of nitrogens with zero attached hydrogens (tertiary/aromatic N) is 3. The molecule has 0 bridgehead atoms. The van der Waals surface area contributed by atoms with Crippen LogP contribution in [-0.4, -0.2) is 48.2 Å². The normalized spacial score (nSPS) is 18.1. The second-order valence-corrected chi connectivity index (χ2v) is 7.69. The van der Waals surface area contributed by atoms with E-state index in [-0.39, 0.29) is 5.91 Å². The number of benzene rings is 1. The first-order valence-electron chi connectivity index (χ1n) is 10.6. The molecule has 7 heteroatoms. The van der Waals surface area contributed by atoms with Crippen molar-refractivity contribution in [1.29, 1.82) is 0 Å². The third kappa shape index (κ3) is 5.23. The number of anilines is 3.